The summed E-state index contributed by atoms with van der Waals surface area (Å²) in [6.45, 7) is 3.49. The molecule has 1 aliphatic carbocycles. The van der Waals surface area contributed by atoms with E-state index in [2.05, 4.69) is 12.2 Å². The Labute approximate surface area is 101 Å². The molecule has 2 heteroatoms. The molecule has 3 N–H and O–H groups in total. The highest BCUT2D eigenvalue weighted by Gasteiger charge is 2.17. The van der Waals surface area contributed by atoms with Gasteiger partial charge in [0.25, 0.3) is 0 Å². The van der Waals surface area contributed by atoms with Crippen LogP contribution in [0.3, 0.4) is 0 Å². The minimum Gasteiger partial charge on any atom is -0.328 e. The first-order valence-electron chi connectivity index (χ1n) is 7.32. The van der Waals surface area contributed by atoms with Crippen LogP contribution in [0.15, 0.2) is 0 Å². The van der Waals surface area contributed by atoms with E-state index in [1.165, 1.54) is 70.8 Å². The molecular weight excluding hydrogens is 196 g/mol. The molecule has 0 saturated heterocycles. The quantitative estimate of drug-likeness (QED) is 0.624. The third-order valence-corrected chi connectivity index (χ3v) is 3.74. The summed E-state index contributed by atoms with van der Waals surface area (Å²) < 4.78 is 0. The molecule has 0 radical (unpaired) electrons. The summed E-state index contributed by atoms with van der Waals surface area (Å²) in [5.74, 6) is 0. The molecule has 0 heterocycles. The molecule has 1 aliphatic rings. The van der Waals surface area contributed by atoms with E-state index in [4.69, 9.17) is 5.73 Å². The zero-order valence-electron chi connectivity index (χ0n) is 11.0. The third-order valence-electron chi connectivity index (χ3n) is 3.74. The molecule has 0 atom stereocenters. The SMILES string of the molecule is CCCCCCCCNC1CCC(N)CC1. The number of unbranched alkanes of at least 4 members (excludes halogenated alkanes) is 5. The molecule has 0 aromatic carbocycles. The standard InChI is InChI=1S/C14H30N2/c1-2-3-4-5-6-7-12-16-14-10-8-13(15)9-11-14/h13-14,16H,2-12,15H2,1H3. The maximum absolute atomic E-state index is 5.89. The molecule has 0 amide bonds. The molecule has 1 rings (SSSR count). The van der Waals surface area contributed by atoms with Crippen molar-refractivity contribution < 1.29 is 0 Å². The van der Waals surface area contributed by atoms with Crippen LogP contribution in [0.25, 0.3) is 0 Å². The Balaban J connectivity index is 1.84. The average molecular weight is 226 g/mol. The van der Waals surface area contributed by atoms with E-state index in [1.54, 1.807) is 0 Å². The Hall–Kier alpha value is -0.0800. The number of nitrogens with two attached hydrogens (primary N) is 1. The van der Waals surface area contributed by atoms with Crippen molar-refractivity contribution in [2.45, 2.75) is 83.2 Å². The summed E-state index contributed by atoms with van der Waals surface area (Å²) in [6.07, 6.45) is 13.4. The summed E-state index contributed by atoms with van der Waals surface area (Å²) in [4.78, 5) is 0. The van der Waals surface area contributed by atoms with Gasteiger partial charge < -0.3 is 11.1 Å². The van der Waals surface area contributed by atoms with Gasteiger partial charge in [-0.05, 0) is 38.6 Å². The second kappa shape index (κ2) is 9.00. The maximum Gasteiger partial charge on any atom is 0.00682 e. The number of rotatable bonds is 8. The molecule has 2 nitrogen and oxygen atoms in total. The fraction of sp³-hybridized carbons (Fsp3) is 1.00. The summed E-state index contributed by atoms with van der Waals surface area (Å²) >= 11 is 0. The van der Waals surface area contributed by atoms with Gasteiger partial charge in [0, 0.05) is 12.1 Å². The minimum absolute atomic E-state index is 0.479. The van der Waals surface area contributed by atoms with Crippen molar-refractivity contribution in [3.63, 3.8) is 0 Å². The van der Waals surface area contributed by atoms with E-state index in [1.807, 2.05) is 0 Å². The Morgan fingerprint density at radius 1 is 0.938 bits per heavy atom. The summed E-state index contributed by atoms with van der Waals surface area (Å²) in [5.41, 5.74) is 5.89. The molecule has 1 saturated carbocycles. The first kappa shape index (κ1) is 14.0. The van der Waals surface area contributed by atoms with Gasteiger partial charge in [0.1, 0.15) is 0 Å². The van der Waals surface area contributed by atoms with Crippen LogP contribution < -0.4 is 11.1 Å². The zero-order chi connectivity index (χ0) is 11.6. The number of hydrogen-bond acceptors (Lipinski definition) is 2. The first-order chi connectivity index (χ1) is 7.83. The topological polar surface area (TPSA) is 38.0 Å². The van der Waals surface area contributed by atoms with E-state index < -0.39 is 0 Å². The first-order valence-corrected chi connectivity index (χ1v) is 7.32. The molecule has 0 bridgehead atoms. The van der Waals surface area contributed by atoms with Gasteiger partial charge in [-0.25, -0.2) is 0 Å². The van der Waals surface area contributed by atoms with Gasteiger partial charge in [-0.3, -0.25) is 0 Å². The average Bonchev–Trinajstić information content (AvgIpc) is 2.30. The highest BCUT2D eigenvalue weighted by Crippen LogP contribution is 2.16. The smallest absolute Gasteiger partial charge is 0.00682 e. The molecule has 16 heavy (non-hydrogen) atoms. The monoisotopic (exact) mass is 226 g/mol. The highest BCUT2D eigenvalue weighted by atomic mass is 14.9. The lowest BCUT2D eigenvalue weighted by molar-refractivity contribution is 0.340. The maximum atomic E-state index is 5.89. The number of hydrogen-bond donors (Lipinski definition) is 2. The van der Waals surface area contributed by atoms with E-state index in [9.17, 15) is 0 Å². The van der Waals surface area contributed by atoms with Crippen LogP contribution in [0, 0.1) is 0 Å². The summed E-state index contributed by atoms with van der Waals surface area (Å²) in [5, 5.41) is 3.68. The fourth-order valence-electron chi connectivity index (χ4n) is 2.53. The van der Waals surface area contributed by atoms with Gasteiger partial charge in [0.05, 0.1) is 0 Å². The van der Waals surface area contributed by atoms with Gasteiger partial charge >= 0.3 is 0 Å². The van der Waals surface area contributed by atoms with Crippen molar-refractivity contribution >= 4 is 0 Å². The normalized spacial score (nSPS) is 25.9. The van der Waals surface area contributed by atoms with Crippen LogP contribution in [-0.4, -0.2) is 18.6 Å². The van der Waals surface area contributed by atoms with E-state index in [0.717, 1.165) is 6.04 Å². The van der Waals surface area contributed by atoms with Crippen LogP contribution >= 0.6 is 0 Å². The zero-order valence-corrected chi connectivity index (χ0v) is 11.0. The number of nitrogens with one attached hydrogen (secondary N) is 1. The molecule has 1 fully saturated rings. The molecule has 0 aromatic heterocycles. The largest absolute Gasteiger partial charge is 0.328 e. The Morgan fingerprint density at radius 2 is 1.56 bits per heavy atom. The Bertz CT molecular complexity index is 151. The lowest BCUT2D eigenvalue weighted by atomic mass is 9.92. The van der Waals surface area contributed by atoms with Crippen LogP contribution in [0.5, 0.6) is 0 Å². The highest BCUT2D eigenvalue weighted by molar-refractivity contribution is 4.78. The van der Waals surface area contributed by atoms with Crippen molar-refractivity contribution in [1.29, 1.82) is 0 Å². The van der Waals surface area contributed by atoms with Crippen LogP contribution in [0.2, 0.25) is 0 Å². The van der Waals surface area contributed by atoms with E-state index in [0.29, 0.717) is 6.04 Å². The van der Waals surface area contributed by atoms with Gasteiger partial charge in [-0.1, -0.05) is 39.0 Å². The van der Waals surface area contributed by atoms with Crippen molar-refractivity contribution in [2.24, 2.45) is 5.73 Å². The second-order valence-corrected chi connectivity index (χ2v) is 5.33. The molecule has 0 aromatic rings. The molecule has 0 unspecified atom stereocenters. The predicted octanol–water partition coefficient (Wildman–Crippen LogP) is 3.21. The van der Waals surface area contributed by atoms with Crippen LogP contribution in [-0.2, 0) is 0 Å². The lowest BCUT2D eigenvalue weighted by Crippen LogP contribution is -2.37. The van der Waals surface area contributed by atoms with Gasteiger partial charge in [0.2, 0.25) is 0 Å². The minimum atomic E-state index is 0.479. The third kappa shape index (κ3) is 6.49. The summed E-state index contributed by atoms with van der Waals surface area (Å²) in [6, 6.07) is 1.24. The predicted molar refractivity (Wildman–Crippen MR) is 71.6 cm³/mol. The molecule has 0 aliphatic heterocycles. The van der Waals surface area contributed by atoms with E-state index >= 15 is 0 Å². The van der Waals surface area contributed by atoms with Gasteiger partial charge in [-0.15, -0.1) is 0 Å². The van der Waals surface area contributed by atoms with Crippen molar-refractivity contribution in [2.75, 3.05) is 6.54 Å². The molecule has 96 valence electrons. The Morgan fingerprint density at radius 3 is 2.25 bits per heavy atom. The van der Waals surface area contributed by atoms with Gasteiger partial charge in [0.15, 0.2) is 0 Å². The van der Waals surface area contributed by atoms with E-state index in [-0.39, 0.29) is 0 Å². The molecular formula is C14H30N2. The van der Waals surface area contributed by atoms with Crippen LogP contribution in [0.4, 0.5) is 0 Å². The Kier molecular flexibility index (Phi) is 7.87. The summed E-state index contributed by atoms with van der Waals surface area (Å²) in [7, 11) is 0. The second-order valence-electron chi connectivity index (χ2n) is 5.33. The van der Waals surface area contributed by atoms with Crippen molar-refractivity contribution in [3.05, 3.63) is 0 Å². The lowest BCUT2D eigenvalue weighted by Gasteiger charge is -2.26. The fourth-order valence-corrected chi connectivity index (χ4v) is 2.53. The van der Waals surface area contributed by atoms with Crippen molar-refractivity contribution in [1.82, 2.24) is 5.32 Å². The van der Waals surface area contributed by atoms with Gasteiger partial charge in [-0.2, -0.15) is 0 Å². The van der Waals surface area contributed by atoms with Crippen LogP contribution in [0.1, 0.15) is 71.1 Å². The molecule has 0 spiro atoms. The van der Waals surface area contributed by atoms with Crippen molar-refractivity contribution in [3.8, 4) is 0 Å².